The minimum absolute atomic E-state index is 0.0520. The molecule has 7 nitrogen and oxygen atoms in total. The van der Waals surface area contributed by atoms with E-state index in [9.17, 15) is 4.79 Å². The summed E-state index contributed by atoms with van der Waals surface area (Å²) in [5.74, 6) is 1.05. The molecule has 0 saturated heterocycles. The highest BCUT2D eigenvalue weighted by Crippen LogP contribution is 2.11. The van der Waals surface area contributed by atoms with Gasteiger partial charge in [0.2, 0.25) is 0 Å². The van der Waals surface area contributed by atoms with Crippen molar-refractivity contribution in [3.8, 4) is 0 Å². The highest BCUT2D eigenvalue weighted by atomic mass is 16.4. The number of hydrogen-bond acceptors (Lipinski definition) is 5. The third-order valence-corrected chi connectivity index (χ3v) is 2.72. The molecule has 20 heavy (non-hydrogen) atoms. The molecule has 0 fully saturated rings. The Bertz CT molecular complexity index is 489. The Labute approximate surface area is 118 Å². The third kappa shape index (κ3) is 5.03. The Hall–Kier alpha value is -1.85. The summed E-state index contributed by atoms with van der Waals surface area (Å²) in [6.07, 6.45) is 1.92. The van der Waals surface area contributed by atoms with Gasteiger partial charge in [-0.15, -0.1) is 0 Å². The van der Waals surface area contributed by atoms with Gasteiger partial charge in [-0.1, -0.05) is 32.8 Å². The van der Waals surface area contributed by atoms with E-state index in [1.54, 1.807) is 0 Å². The number of rotatable bonds is 8. The van der Waals surface area contributed by atoms with E-state index in [4.69, 9.17) is 9.95 Å². The van der Waals surface area contributed by atoms with E-state index in [1.165, 1.54) is 6.20 Å². The minimum atomic E-state index is -0.319. The molecule has 1 aromatic rings. The maximum absolute atomic E-state index is 12.2. The predicted molar refractivity (Wildman–Crippen MR) is 75.0 cm³/mol. The van der Waals surface area contributed by atoms with Gasteiger partial charge in [0.25, 0.3) is 0 Å². The number of nitrogens with one attached hydrogen (secondary N) is 1. The molecule has 1 aromatic heterocycles. The van der Waals surface area contributed by atoms with Crippen molar-refractivity contribution in [1.82, 2.24) is 10.3 Å². The van der Waals surface area contributed by atoms with Crippen LogP contribution in [0.2, 0.25) is 0 Å². The quantitative estimate of drug-likeness (QED) is 0.448. The first kappa shape index (κ1) is 16.2. The van der Waals surface area contributed by atoms with E-state index >= 15 is 0 Å². The Morgan fingerprint density at radius 3 is 2.75 bits per heavy atom. The first-order valence-electron chi connectivity index (χ1n) is 6.68. The van der Waals surface area contributed by atoms with Crippen LogP contribution in [0.25, 0.3) is 10.4 Å². The number of carbonyl (C=O) groups excluding carboxylic acids is 1. The summed E-state index contributed by atoms with van der Waals surface area (Å²) in [4.78, 5) is 18.9. The first-order valence-corrected chi connectivity index (χ1v) is 6.68. The lowest BCUT2D eigenvalue weighted by Crippen LogP contribution is -2.44. The van der Waals surface area contributed by atoms with Crippen LogP contribution in [0.5, 0.6) is 0 Å². The van der Waals surface area contributed by atoms with Crippen LogP contribution in [-0.4, -0.2) is 22.9 Å². The fraction of sp³-hybridized carbons (Fsp3) is 0.692. The molecule has 7 heteroatoms. The van der Waals surface area contributed by atoms with Crippen molar-refractivity contribution in [3.05, 3.63) is 28.3 Å². The van der Waals surface area contributed by atoms with Gasteiger partial charge < -0.3 is 9.73 Å². The Morgan fingerprint density at radius 2 is 2.20 bits per heavy atom. The fourth-order valence-electron chi connectivity index (χ4n) is 1.84. The van der Waals surface area contributed by atoms with Crippen LogP contribution in [0.1, 0.15) is 39.3 Å². The molecular formula is C13H21N5O2. The zero-order valence-corrected chi connectivity index (χ0v) is 12.3. The molecule has 1 N–H and O–H groups in total. The van der Waals surface area contributed by atoms with Crippen LogP contribution >= 0.6 is 0 Å². The second-order valence-corrected chi connectivity index (χ2v) is 5.24. The summed E-state index contributed by atoms with van der Waals surface area (Å²) in [7, 11) is 0. The molecule has 0 aliphatic rings. The molecule has 0 aliphatic heterocycles. The van der Waals surface area contributed by atoms with Crippen LogP contribution in [0.3, 0.4) is 0 Å². The fourth-order valence-corrected chi connectivity index (χ4v) is 1.84. The average Bonchev–Trinajstić information content (AvgIpc) is 2.81. The average molecular weight is 279 g/mol. The van der Waals surface area contributed by atoms with E-state index in [0.29, 0.717) is 18.1 Å². The molecule has 110 valence electrons. The van der Waals surface area contributed by atoms with Gasteiger partial charge in [-0.05, 0) is 5.53 Å². The minimum Gasteiger partial charge on any atom is -0.446 e. The Morgan fingerprint density at radius 1 is 1.50 bits per heavy atom. The molecule has 0 unspecified atom stereocenters. The third-order valence-electron chi connectivity index (χ3n) is 2.72. The number of carbonyl (C=O) groups is 1. The van der Waals surface area contributed by atoms with Crippen molar-refractivity contribution >= 4 is 5.78 Å². The number of oxazole rings is 1. The van der Waals surface area contributed by atoms with Gasteiger partial charge in [-0.2, -0.15) is 0 Å². The standard InChI is InChI=1S/C13H21N5O2/c1-8(2)13(19)11(17-9(3)4)5-12-15-6-10(20-12)7-16-18-14/h6,8-9,11,17H,5,7H2,1-4H3/t11-/m0/s1. The lowest BCUT2D eigenvalue weighted by molar-refractivity contribution is -0.124. The molecule has 0 spiro atoms. The molecule has 1 rings (SSSR count). The van der Waals surface area contributed by atoms with Crippen molar-refractivity contribution in [2.45, 2.75) is 52.7 Å². The van der Waals surface area contributed by atoms with Gasteiger partial charge in [0.05, 0.1) is 18.8 Å². The van der Waals surface area contributed by atoms with Gasteiger partial charge in [-0.3, -0.25) is 4.79 Å². The molecular weight excluding hydrogens is 258 g/mol. The van der Waals surface area contributed by atoms with Gasteiger partial charge >= 0.3 is 0 Å². The van der Waals surface area contributed by atoms with E-state index in [0.717, 1.165) is 0 Å². The number of ketones is 1. The summed E-state index contributed by atoms with van der Waals surface area (Å²) in [6.45, 7) is 7.86. The summed E-state index contributed by atoms with van der Waals surface area (Å²) in [6, 6.07) is -0.124. The summed E-state index contributed by atoms with van der Waals surface area (Å²) < 4.78 is 5.46. The highest BCUT2D eigenvalue weighted by molar-refractivity contribution is 5.85. The monoisotopic (exact) mass is 279 g/mol. The maximum atomic E-state index is 12.2. The van der Waals surface area contributed by atoms with Crippen LogP contribution in [-0.2, 0) is 17.8 Å². The molecule has 0 bridgehead atoms. The van der Waals surface area contributed by atoms with Crippen molar-refractivity contribution < 1.29 is 9.21 Å². The van der Waals surface area contributed by atoms with E-state index in [-0.39, 0.29) is 30.3 Å². The normalized spacial score (nSPS) is 12.5. The van der Waals surface area contributed by atoms with Crippen LogP contribution in [0.15, 0.2) is 15.7 Å². The number of nitrogens with zero attached hydrogens (tertiary/aromatic N) is 4. The van der Waals surface area contributed by atoms with Gasteiger partial charge in [0.1, 0.15) is 5.76 Å². The summed E-state index contributed by atoms with van der Waals surface area (Å²) >= 11 is 0. The smallest absolute Gasteiger partial charge is 0.196 e. The van der Waals surface area contributed by atoms with E-state index in [1.807, 2.05) is 27.7 Å². The summed E-state index contributed by atoms with van der Waals surface area (Å²) in [5, 5.41) is 6.64. The largest absolute Gasteiger partial charge is 0.446 e. The SMILES string of the molecule is CC(C)N[C@@H](Cc1ncc(CN=[N+]=[N-])o1)C(=O)C(C)C. The molecule has 0 aromatic carbocycles. The first-order chi connectivity index (χ1) is 9.43. The molecule has 0 aliphatic carbocycles. The molecule has 1 heterocycles. The predicted octanol–water partition coefficient (Wildman–Crippen LogP) is 2.62. The molecule has 1 atom stereocenters. The van der Waals surface area contributed by atoms with Crippen molar-refractivity contribution in [2.75, 3.05) is 0 Å². The summed E-state index contributed by atoms with van der Waals surface area (Å²) in [5.41, 5.74) is 8.25. The van der Waals surface area contributed by atoms with Crippen molar-refractivity contribution in [2.24, 2.45) is 11.0 Å². The van der Waals surface area contributed by atoms with E-state index < -0.39 is 0 Å². The number of Topliss-reactive ketones (excluding diaryl/α,β-unsaturated/α-hetero) is 1. The second kappa shape index (κ2) is 7.67. The number of hydrogen-bond donors (Lipinski definition) is 1. The molecule has 0 radical (unpaired) electrons. The van der Waals surface area contributed by atoms with Gasteiger partial charge in [0, 0.05) is 23.3 Å². The van der Waals surface area contributed by atoms with E-state index in [2.05, 4.69) is 20.3 Å². The lowest BCUT2D eigenvalue weighted by Gasteiger charge is -2.20. The molecule has 0 saturated carbocycles. The van der Waals surface area contributed by atoms with Crippen LogP contribution < -0.4 is 5.32 Å². The second-order valence-electron chi connectivity index (χ2n) is 5.24. The Balaban J connectivity index is 2.75. The van der Waals surface area contributed by atoms with Crippen LogP contribution in [0, 0.1) is 5.92 Å². The number of aromatic nitrogens is 1. The highest BCUT2D eigenvalue weighted by Gasteiger charge is 2.24. The van der Waals surface area contributed by atoms with Crippen molar-refractivity contribution in [1.29, 1.82) is 0 Å². The van der Waals surface area contributed by atoms with Gasteiger partial charge in [-0.25, -0.2) is 4.98 Å². The maximum Gasteiger partial charge on any atom is 0.196 e. The zero-order chi connectivity index (χ0) is 15.1. The lowest BCUT2D eigenvalue weighted by atomic mass is 9.98. The Kier molecular flexibility index (Phi) is 6.21. The molecule has 0 amide bonds. The number of azide groups is 1. The van der Waals surface area contributed by atoms with Crippen LogP contribution in [0.4, 0.5) is 0 Å². The topological polar surface area (TPSA) is 104 Å². The van der Waals surface area contributed by atoms with Crippen molar-refractivity contribution in [3.63, 3.8) is 0 Å². The zero-order valence-electron chi connectivity index (χ0n) is 12.3. The van der Waals surface area contributed by atoms with Gasteiger partial charge in [0.15, 0.2) is 11.7 Å².